The first kappa shape index (κ1) is 21.7. The van der Waals surface area contributed by atoms with Crippen molar-refractivity contribution >= 4 is 29.3 Å². The summed E-state index contributed by atoms with van der Waals surface area (Å²) in [5.74, 6) is -1.40. The van der Waals surface area contributed by atoms with Crippen LogP contribution in [0.2, 0.25) is 0 Å². The summed E-state index contributed by atoms with van der Waals surface area (Å²) in [6.07, 6.45) is 5.09. The molecule has 1 fully saturated rings. The van der Waals surface area contributed by atoms with Crippen molar-refractivity contribution in [2.75, 3.05) is 11.9 Å². The van der Waals surface area contributed by atoms with E-state index < -0.39 is 18.5 Å². The van der Waals surface area contributed by atoms with Crippen molar-refractivity contribution in [3.8, 4) is 0 Å². The van der Waals surface area contributed by atoms with E-state index in [2.05, 4.69) is 10.6 Å². The van der Waals surface area contributed by atoms with E-state index in [0.29, 0.717) is 16.8 Å². The van der Waals surface area contributed by atoms with Gasteiger partial charge in [0.05, 0.1) is 6.42 Å². The molecule has 2 aliphatic rings. The molecule has 1 saturated carbocycles. The molecule has 2 aliphatic carbocycles. The Morgan fingerprint density at radius 1 is 0.906 bits per heavy atom. The van der Waals surface area contributed by atoms with Crippen LogP contribution in [0, 0.1) is 0 Å². The van der Waals surface area contributed by atoms with Gasteiger partial charge in [-0.2, -0.15) is 0 Å². The Balaban J connectivity index is 1.20. The molecule has 0 bridgehead atoms. The second-order valence-corrected chi connectivity index (χ2v) is 8.30. The van der Waals surface area contributed by atoms with Gasteiger partial charge in [-0.3, -0.25) is 19.2 Å². The first-order valence-electron chi connectivity index (χ1n) is 11.0. The van der Waals surface area contributed by atoms with Crippen LogP contribution in [0.3, 0.4) is 0 Å². The minimum absolute atomic E-state index is 0.0391. The molecule has 7 nitrogen and oxygen atoms in total. The van der Waals surface area contributed by atoms with Gasteiger partial charge >= 0.3 is 5.97 Å². The van der Waals surface area contributed by atoms with E-state index in [-0.39, 0.29) is 30.6 Å². The van der Waals surface area contributed by atoms with Crippen LogP contribution in [0.25, 0.3) is 0 Å². The third-order valence-corrected chi connectivity index (χ3v) is 5.66. The summed E-state index contributed by atoms with van der Waals surface area (Å²) in [7, 11) is 0. The standard InChI is InChI=1S/C25H26N2O5/c28-22(18-8-7-16-3-1-4-17(16)13-18)11-12-24(30)32-15-23(29)26-21-6-2-5-19(14-21)25(31)27-20-9-10-20/h2,5-8,13-14,20H,1,3-4,9-12,15H2,(H,26,29)(H,27,31). The number of ether oxygens (including phenoxy) is 1. The highest BCUT2D eigenvalue weighted by atomic mass is 16.5. The highest BCUT2D eigenvalue weighted by Gasteiger charge is 2.24. The third kappa shape index (κ3) is 5.81. The average molecular weight is 434 g/mol. The van der Waals surface area contributed by atoms with Crippen molar-refractivity contribution in [2.24, 2.45) is 0 Å². The average Bonchev–Trinajstić information content (AvgIpc) is 3.48. The normalized spacial score (nSPS) is 14.4. The van der Waals surface area contributed by atoms with Gasteiger partial charge in [0.15, 0.2) is 12.4 Å². The molecule has 7 heteroatoms. The van der Waals surface area contributed by atoms with Crippen molar-refractivity contribution < 1.29 is 23.9 Å². The number of anilines is 1. The van der Waals surface area contributed by atoms with E-state index in [1.165, 1.54) is 11.1 Å². The lowest BCUT2D eigenvalue weighted by molar-refractivity contribution is -0.147. The number of hydrogen-bond acceptors (Lipinski definition) is 5. The van der Waals surface area contributed by atoms with Crippen molar-refractivity contribution in [2.45, 2.75) is 51.0 Å². The zero-order valence-corrected chi connectivity index (χ0v) is 17.8. The minimum Gasteiger partial charge on any atom is -0.456 e. The van der Waals surface area contributed by atoms with Crippen molar-refractivity contribution in [3.63, 3.8) is 0 Å². The van der Waals surface area contributed by atoms with Crippen LogP contribution in [-0.4, -0.2) is 36.2 Å². The number of amides is 2. The lowest BCUT2D eigenvalue weighted by Gasteiger charge is -2.09. The van der Waals surface area contributed by atoms with Crippen LogP contribution in [-0.2, 0) is 27.2 Å². The predicted octanol–water partition coefficient (Wildman–Crippen LogP) is 3.21. The third-order valence-electron chi connectivity index (χ3n) is 5.66. The molecule has 4 rings (SSSR count). The smallest absolute Gasteiger partial charge is 0.306 e. The molecule has 32 heavy (non-hydrogen) atoms. The zero-order chi connectivity index (χ0) is 22.5. The number of esters is 1. The molecule has 2 amide bonds. The quantitative estimate of drug-likeness (QED) is 0.466. The van der Waals surface area contributed by atoms with Gasteiger partial charge in [0.1, 0.15) is 0 Å². The van der Waals surface area contributed by atoms with Gasteiger partial charge in [0.25, 0.3) is 11.8 Å². The van der Waals surface area contributed by atoms with Gasteiger partial charge < -0.3 is 15.4 Å². The van der Waals surface area contributed by atoms with E-state index in [0.717, 1.165) is 32.1 Å². The van der Waals surface area contributed by atoms with Crippen LogP contribution in [0.5, 0.6) is 0 Å². The Morgan fingerprint density at radius 3 is 2.53 bits per heavy atom. The number of fused-ring (bicyclic) bond motifs is 1. The minimum atomic E-state index is -0.604. The van der Waals surface area contributed by atoms with E-state index in [9.17, 15) is 19.2 Å². The monoisotopic (exact) mass is 434 g/mol. The van der Waals surface area contributed by atoms with Gasteiger partial charge in [-0.1, -0.05) is 18.2 Å². The number of benzene rings is 2. The van der Waals surface area contributed by atoms with Gasteiger partial charge in [0, 0.05) is 29.3 Å². The molecule has 0 aromatic heterocycles. The van der Waals surface area contributed by atoms with E-state index >= 15 is 0 Å². The number of nitrogens with one attached hydrogen (secondary N) is 2. The maximum atomic E-state index is 12.4. The summed E-state index contributed by atoms with van der Waals surface area (Å²) in [5.41, 5.74) is 4.02. The van der Waals surface area contributed by atoms with Crippen molar-refractivity contribution in [3.05, 3.63) is 64.7 Å². The molecule has 0 heterocycles. The number of hydrogen-bond donors (Lipinski definition) is 2. The second-order valence-electron chi connectivity index (χ2n) is 8.30. The maximum absolute atomic E-state index is 12.4. The fourth-order valence-electron chi connectivity index (χ4n) is 3.76. The van der Waals surface area contributed by atoms with E-state index in [4.69, 9.17) is 4.74 Å². The number of carbonyl (C=O) groups is 4. The number of Topliss-reactive ketones (excluding diaryl/α,β-unsaturated/α-hetero) is 1. The van der Waals surface area contributed by atoms with Crippen LogP contribution in [0.15, 0.2) is 42.5 Å². The molecule has 2 aromatic rings. The summed E-state index contributed by atoms with van der Waals surface area (Å²) in [6.45, 7) is -0.454. The van der Waals surface area contributed by atoms with Gasteiger partial charge in [-0.25, -0.2) is 0 Å². The Labute approximate surface area is 186 Å². The Bertz CT molecular complexity index is 1060. The molecule has 0 spiro atoms. The summed E-state index contributed by atoms with van der Waals surface area (Å²) in [4.78, 5) is 48.5. The summed E-state index contributed by atoms with van der Waals surface area (Å²) in [6, 6.07) is 12.5. The molecule has 166 valence electrons. The summed E-state index contributed by atoms with van der Waals surface area (Å²) in [5, 5.41) is 5.50. The lowest BCUT2D eigenvalue weighted by atomic mass is 10.0. The molecule has 0 aliphatic heterocycles. The van der Waals surface area contributed by atoms with Crippen molar-refractivity contribution in [1.82, 2.24) is 5.32 Å². The highest BCUT2D eigenvalue weighted by molar-refractivity contribution is 5.99. The number of aryl methyl sites for hydroxylation is 2. The molecule has 0 atom stereocenters. The second kappa shape index (κ2) is 9.77. The van der Waals surface area contributed by atoms with Crippen LogP contribution in [0.4, 0.5) is 5.69 Å². The Hall–Kier alpha value is -3.48. The first-order valence-corrected chi connectivity index (χ1v) is 11.0. The fraction of sp³-hybridized carbons (Fsp3) is 0.360. The molecular formula is C25H26N2O5. The fourth-order valence-corrected chi connectivity index (χ4v) is 3.76. The SMILES string of the molecule is O=C(COC(=O)CCC(=O)c1ccc2c(c1)CCC2)Nc1cccc(C(=O)NC2CC2)c1. The topological polar surface area (TPSA) is 102 Å². The molecule has 0 radical (unpaired) electrons. The largest absolute Gasteiger partial charge is 0.456 e. The molecule has 0 saturated heterocycles. The molecule has 2 N–H and O–H groups in total. The van der Waals surface area contributed by atoms with Gasteiger partial charge in [-0.05, 0) is 67.5 Å². The van der Waals surface area contributed by atoms with Crippen LogP contribution >= 0.6 is 0 Å². The molecular weight excluding hydrogens is 408 g/mol. The molecule has 0 unspecified atom stereocenters. The maximum Gasteiger partial charge on any atom is 0.306 e. The number of rotatable bonds is 9. The van der Waals surface area contributed by atoms with Gasteiger partial charge in [-0.15, -0.1) is 0 Å². The Kier molecular flexibility index (Phi) is 6.63. The summed E-state index contributed by atoms with van der Waals surface area (Å²) >= 11 is 0. The Morgan fingerprint density at radius 2 is 1.72 bits per heavy atom. The number of ketones is 1. The highest BCUT2D eigenvalue weighted by Crippen LogP contribution is 2.23. The van der Waals surface area contributed by atoms with Gasteiger partial charge in [0.2, 0.25) is 0 Å². The predicted molar refractivity (Wildman–Crippen MR) is 119 cm³/mol. The lowest BCUT2D eigenvalue weighted by Crippen LogP contribution is -2.25. The zero-order valence-electron chi connectivity index (χ0n) is 17.8. The van der Waals surface area contributed by atoms with Crippen LogP contribution < -0.4 is 10.6 Å². The molecule has 2 aromatic carbocycles. The van der Waals surface area contributed by atoms with E-state index in [1.807, 2.05) is 18.2 Å². The van der Waals surface area contributed by atoms with Crippen molar-refractivity contribution in [1.29, 1.82) is 0 Å². The van der Waals surface area contributed by atoms with E-state index in [1.54, 1.807) is 24.3 Å². The van der Waals surface area contributed by atoms with Crippen LogP contribution in [0.1, 0.15) is 63.9 Å². The first-order chi connectivity index (χ1) is 15.5. The number of carbonyl (C=O) groups excluding carboxylic acids is 4. The summed E-state index contributed by atoms with van der Waals surface area (Å²) < 4.78 is 4.99.